The molecule has 3 rings (SSSR count). The van der Waals surface area contributed by atoms with Crippen molar-refractivity contribution in [3.8, 4) is 0 Å². The SMILES string of the molecule is CCC(Nc1nc(NC2CCN(S(=O)O)C2)c2ncn(C(C)C)c2n1)C(C)(C)O. The second-order valence-corrected chi connectivity index (χ2v) is 9.30. The summed E-state index contributed by atoms with van der Waals surface area (Å²) in [6.07, 6.45) is 3.18. The second kappa shape index (κ2) is 8.50. The first kappa shape index (κ1) is 21.9. The van der Waals surface area contributed by atoms with Crippen LogP contribution in [-0.4, -0.2) is 68.5 Å². The standard InChI is InChI=1S/C18H31N7O3S/c1-6-13(18(4,5)26)21-17-22-15(20-12-7-8-24(9-12)29(27)28)14-16(23-17)25(10-19-14)11(2)3/h10-13,26H,6-9H2,1-5H3,(H,27,28)(H2,20,21,22,23). The fourth-order valence-electron chi connectivity index (χ4n) is 3.57. The van der Waals surface area contributed by atoms with Crippen LogP contribution in [-0.2, 0) is 11.3 Å². The summed E-state index contributed by atoms with van der Waals surface area (Å²) in [4.78, 5) is 13.8. The van der Waals surface area contributed by atoms with Gasteiger partial charge in [-0.05, 0) is 40.5 Å². The van der Waals surface area contributed by atoms with Gasteiger partial charge in [0.05, 0.1) is 18.0 Å². The number of anilines is 2. The van der Waals surface area contributed by atoms with E-state index < -0.39 is 16.9 Å². The van der Waals surface area contributed by atoms with Gasteiger partial charge in [-0.2, -0.15) is 14.3 Å². The first-order valence-electron chi connectivity index (χ1n) is 9.96. The highest BCUT2D eigenvalue weighted by molar-refractivity contribution is 7.76. The molecule has 11 heteroatoms. The summed E-state index contributed by atoms with van der Waals surface area (Å²) >= 11 is -1.97. The van der Waals surface area contributed by atoms with Gasteiger partial charge >= 0.3 is 0 Å². The summed E-state index contributed by atoms with van der Waals surface area (Å²) in [7, 11) is 0. The van der Waals surface area contributed by atoms with Crippen LogP contribution in [0, 0.1) is 0 Å². The van der Waals surface area contributed by atoms with Crippen molar-refractivity contribution < 1.29 is 13.9 Å². The maximum atomic E-state index is 11.3. The summed E-state index contributed by atoms with van der Waals surface area (Å²) in [5.41, 5.74) is 0.422. The highest BCUT2D eigenvalue weighted by Gasteiger charge is 2.29. The first-order valence-corrected chi connectivity index (χ1v) is 11.0. The minimum absolute atomic E-state index is 0.0162. The summed E-state index contributed by atoms with van der Waals surface area (Å²) in [6.45, 7) is 10.6. The molecule has 162 valence electrons. The molecule has 1 fully saturated rings. The Morgan fingerprint density at radius 3 is 2.66 bits per heavy atom. The number of hydrogen-bond acceptors (Lipinski definition) is 7. The molecular formula is C18H31N7O3S. The van der Waals surface area contributed by atoms with E-state index in [9.17, 15) is 13.9 Å². The Morgan fingerprint density at radius 1 is 1.38 bits per heavy atom. The van der Waals surface area contributed by atoms with Gasteiger partial charge in [0.2, 0.25) is 17.2 Å². The second-order valence-electron chi connectivity index (χ2n) is 8.32. The average molecular weight is 426 g/mol. The van der Waals surface area contributed by atoms with Crippen molar-refractivity contribution in [2.24, 2.45) is 0 Å². The monoisotopic (exact) mass is 425 g/mol. The van der Waals surface area contributed by atoms with Crippen molar-refractivity contribution >= 4 is 34.2 Å². The lowest BCUT2D eigenvalue weighted by Gasteiger charge is -2.29. The van der Waals surface area contributed by atoms with Crippen LogP contribution in [0.5, 0.6) is 0 Å². The first-order chi connectivity index (χ1) is 13.6. The number of nitrogens with one attached hydrogen (secondary N) is 2. The van der Waals surface area contributed by atoms with Gasteiger partial charge in [-0.15, -0.1) is 0 Å². The molecule has 29 heavy (non-hydrogen) atoms. The van der Waals surface area contributed by atoms with E-state index >= 15 is 0 Å². The van der Waals surface area contributed by atoms with E-state index in [0.29, 0.717) is 42.4 Å². The predicted molar refractivity (Wildman–Crippen MR) is 114 cm³/mol. The van der Waals surface area contributed by atoms with Crippen molar-refractivity contribution in [1.29, 1.82) is 0 Å². The van der Waals surface area contributed by atoms with E-state index in [2.05, 4.69) is 39.4 Å². The number of imidazole rings is 1. The molecule has 1 aliphatic heterocycles. The van der Waals surface area contributed by atoms with Crippen molar-refractivity contribution in [2.75, 3.05) is 23.7 Å². The van der Waals surface area contributed by atoms with E-state index in [1.807, 2.05) is 11.5 Å². The molecule has 3 atom stereocenters. The number of hydrogen-bond donors (Lipinski definition) is 4. The zero-order valence-corrected chi connectivity index (χ0v) is 18.4. The Morgan fingerprint density at radius 2 is 2.10 bits per heavy atom. The largest absolute Gasteiger partial charge is 0.388 e. The molecule has 0 aromatic carbocycles. The Labute approximate surface area is 173 Å². The Bertz CT molecular complexity index is 880. The van der Waals surface area contributed by atoms with Gasteiger partial charge in [-0.1, -0.05) is 6.92 Å². The predicted octanol–water partition coefficient (Wildman–Crippen LogP) is 1.99. The number of aromatic nitrogens is 4. The lowest BCUT2D eigenvalue weighted by atomic mass is 9.97. The van der Waals surface area contributed by atoms with Crippen LogP contribution in [0.15, 0.2) is 6.33 Å². The molecule has 2 aromatic rings. The van der Waals surface area contributed by atoms with Crippen LogP contribution < -0.4 is 10.6 Å². The van der Waals surface area contributed by atoms with Crippen LogP contribution in [0.1, 0.15) is 53.5 Å². The number of nitrogens with zero attached hydrogens (tertiary/aromatic N) is 5. The third kappa shape index (κ3) is 4.85. The van der Waals surface area contributed by atoms with Crippen LogP contribution in [0.25, 0.3) is 11.2 Å². The fraction of sp³-hybridized carbons (Fsp3) is 0.722. The molecule has 0 saturated carbocycles. The molecule has 0 spiro atoms. The summed E-state index contributed by atoms with van der Waals surface area (Å²) in [5.74, 6) is 0.995. The minimum Gasteiger partial charge on any atom is -0.388 e. The molecule has 0 radical (unpaired) electrons. The van der Waals surface area contributed by atoms with Gasteiger partial charge in [0.1, 0.15) is 0 Å². The summed E-state index contributed by atoms with van der Waals surface area (Å²) in [5, 5.41) is 17.1. The fourth-order valence-corrected chi connectivity index (χ4v) is 4.14. The van der Waals surface area contributed by atoms with Crippen molar-refractivity contribution in [3.05, 3.63) is 6.33 Å². The maximum absolute atomic E-state index is 11.3. The van der Waals surface area contributed by atoms with Crippen LogP contribution in [0.3, 0.4) is 0 Å². The Balaban J connectivity index is 1.96. The molecule has 10 nitrogen and oxygen atoms in total. The normalized spacial score (nSPS) is 20.3. The van der Waals surface area contributed by atoms with Gasteiger partial charge < -0.3 is 20.3 Å². The van der Waals surface area contributed by atoms with Gasteiger partial charge in [-0.3, -0.25) is 4.55 Å². The third-order valence-electron chi connectivity index (χ3n) is 5.25. The molecule has 4 N–H and O–H groups in total. The Hall–Kier alpha value is -1.82. The molecule has 0 amide bonds. The number of fused-ring (bicyclic) bond motifs is 1. The van der Waals surface area contributed by atoms with Crippen LogP contribution in [0.2, 0.25) is 0 Å². The van der Waals surface area contributed by atoms with E-state index in [-0.39, 0.29) is 18.1 Å². The average Bonchev–Trinajstić information content (AvgIpc) is 3.25. The molecule has 0 aliphatic carbocycles. The van der Waals surface area contributed by atoms with Gasteiger partial charge in [0.25, 0.3) is 0 Å². The Kier molecular flexibility index (Phi) is 6.42. The van der Waals surface area contributed by atoms with Crippen molar-refractivity contribution in [2.45, 2.75) is 71.2 Å². The van der Waals surface area contributed by atoms with Crippen molar-refractivity contribution in [1.82, 2.24) is 23.8 Å². The van der Waals surface area contributed by atoms with E-state index in [1.54, 1.807) is 20.2 Å². The highest BCUT2D eigenvalue weighted by Crippen LogP contribution is 2.26. The number of aliphatic hydroxyl groups is 1. The number of rotatable bonds is 8. The molecule has 1 aliphatic rings. The van der Waals surface area contributed by atoms with Gasteiger partial charge in [-0.25, -0.2) is 9.19 Å². The zero-order chi connectivity index (χ0) is 21.3. The van der Waals surface area contributed by atoms with Gasteiger partial charge in [0, 0.05) is 25.2 Å². The summed E-state index contributed by atoms with van der Waals surface area (Å²) < 4.78 is 24.1. The molecule has 2 aromatic heterocycles. The van der Waals surface area contributed by atoms with Crippen LogP contribution >= 0.6 is 0 Å². The van der Waals surface area contributed by atoms with E-state index in [1.165, 1.54) is 4.31 Å². The molecule has 3 heterocycles. The zero-order valence-electron chi connectivity index (χ0n) is 17.6. The minimum atomic E-state index is -1.97. The van der Waals surface area contributed by atoms with E-state index in [0.717, 1.165) is 6.42 Å². The highest BCUT2D eigenvalue weighted by atomic mass is 32.2. The van der Waals surface area contributed by atoms with Crippen LogP contribution in [0.4, 0.5) is 11.8 Å². The maximum Gasteiger partial charge on any atom is 0.234 e. The molecular weight excluding hydrogens is 394 g/mol. The molecule has 3 unspecified atom stereocenters. The lowest BCUT2D eigenvalue weighted by Crippen LogP contribution is -2.41. The molecule has 1 saturated heterocycles. The van der Waals surface area contributed by atoms with Crippen molar-refractivity contribution in [3.63, 3.8) is 0 Å². The third-order valence-corrected chi connectivity index (χ3v) is 6.03. The van der Waals surface area contributed by atoms with Gasteiger partial charge in [0.15, 0.2) is 17.0 Å². The lowest BCUT2D eigenvalue weighted by molar-refractivity contribution is 0.0577. The topological polar surface area (TPSA) is 128 Å². The quantitative estimate of drug-likeness (QED) is 0.473. The summed E-state index contributed by atoms with van der Waals surface area (Å²) in [6, 6.07) is -0.0647. The van der Waals surface area contributed by atoms with E-state index in [4.69, 9.17) is 0 Å². The molecule has 0 bridgehead atoms. The smallest absolute Gasteiger partial charge is 0.234 e.